The molecule has 1 aliphatic heterocycles. The largest absolute Gasteiger partial charge is 0.381 e. The van der Waals surface area contributed by atoms with Crippen LogP contribution in [-0.4, -0.2) is 44.3 Å². The van der Waals surface area contributed by atoms with Gasteiger partial charge in [0.1, 0.15) is 0 Å². The van der Waals surface area contributed by atoms with Crippen molar-refractivity contribution in [1.29, 1.82) is 0 Å². The van der Waals surface area contributed by atoms with Crippen molar-refractivity contribution in [1.82, 2.24) is 10.2 Å². The Morgan fingerprint density at radius 1 is 1.20 bits per heavy atom. The lowest BCUT2D eigenvalue weighted by atomic mass is 10.0. The van der Waals surface area contributed by atoms with E-state index in [1.165, 1.54) is 18.4 Å². The summed E-state index contributed by atoms with van der Waals surface area (Å²) < 4.78 is 5.66. The van der Waals surface area contributed by atoms with E-state index in [0.717, 1.165) is 45.8 Å². The number of nitrogens with zero attached hydrogens (tertiary/aromatic N) is 1. The summed E-state index contributed by atoms with van der Waals surface area (Å²) in [5, 5.41) is 3.51. The molecule has 1 unspecified atom stereocenters. The lowest BCUT2D eigenvalue weighted by Crippen LogP contribution is -2.46. The van der Waals surface area contributed by atoms with Gasteiger partial charge in [-0.05, 0) is 18.4 Å². The van der Waals surface area contributed by atoms with Crippen LogP contribution in [0.2, 0.25) is 0 Å². The van der Waals surface area contributed by atoms with Crippen molar-refractivity contribution in [3.05, 3.63) is 35.9 Å². The van der Waals surface area contributed by atoms with Crippen LogP contribution in [0, 0.1) is 0 Å². The van der Waals surface area contributed by atoms with Crippen LogP contribution in [0.25, 0.3) is 0 Å². The van der Waals surface area contributed by atoms with Crippen LogP contribution in [0.15, 0.2) is 30.3 Å². The number of hydrogen-bond acceptors (Lipinski definition) is 3. The van der Waals surface area contributed by atoms with Crippen LogP contribution >= 0.6 is 0 Å². The molecular weight excluding hydrogens is 248 g/mol. The Bertz CT molecular complexity index is 355. The molecule has 1 aliphatic rings. The van der Waals surface area contributed by atoms with E-state index in [1.54, 1.807) is 0 Å². The van der Waals surface area contributed by atoms with Crippen LogP contribution in [-0.2, 0) is 4.74 Å². The van der Waals surface area contributed by atoms with Crippen molar-refractivity contribution >= 4 is 0 Å². The minimum atomic E-state index is 0.514. The van der Waals surface area contributed by atoms with Crippen molar-refractivity contribution in [2.75, 3.05) is 39.4 Å². The maximum Gasteiger partial charge on any atom is 0.0478 e. The average molecular weight is 276 g/mol. The second kappa shape index (κ2) is 9.11. The van der Waals surface area contributed by atoms with Gasteiger partial charge in [-0.15, -0.1) is 0 Å². The normalized spacial score (nSPS) is 20.1. The summed E-state index contributed by atoms with van der Waals surface area (Å²) in [7, 11) is 0. The molecule has 2 rings (SSSR count). The van der Waals surface area contributed by atoms with E-state index in [0.29, 0.717) is 6.04 Å². The maximum atomic E-state index is 5.66. The molecule has 1 aromatic carbocycles. The van der Waals surface area contributed by atoms with Crippen LogP contribution < -0.4 is 5.32 Å². The van der Waals surface area contributed by atoms with Crippen molar-refractivity contribution in [3.8, 4) is 0 Å². The number of benzene rings is 1. The van der Waals surface area contributed by atoms with Crippen molar-refractivity contribution in [2.24, 2.45) is 0 Å². The summed E-state index contributed by atoms with van der Waals surface area (Å²) in [4.78, 5) is 2.59. The summed E-state index contributed by atoms with van der Waals surface area (Å²) in [6.45, 7) is 8.43. The van der Waals surface area contributed by atoms with Gasteiger partial charge in [0.05, 0.1) is 0 Å². The van der Waals surface area contributed by atoms with E-state index in [1.807, 2.05) is 0 Å². The number of unbranched alkanes of at least 4 members (excludes halogenated alkanes) is 1. The topological polar surface area (TPSA) is 24.5 Å². The van der Waals surface area contributed by atoms with Gasteiger partial charge in [0.2, 0.25) is 0 Å². The first-order chi connectivity index (χ1) is 9.92. The third-order valence-electron chi connectivity index (χ3n) is 3.91. The van der Waals surface area contributed by atoms with E-state index in [9.17, 15) is 0 Å². The molecule has 0 bridgehead atoms. The average Bonchev–Trinajstić information content (AvgIpc) is 2.52. The zero-order chi connectivity index (χ0) is 14.0. The van der Waals surface area contributed by atoms with E-state index >= 15 is 0 Å². The van der Waals surface area contributed by atoms with E-state index in [-0.39, 0.29) is 0 Å². The highest BCUT2D eigenvalue weighted by Crippen LogP contribution is 2.21. The van der Waals surface area contributed by atoms with E-state index in [2.05, 4.69) is 47.5 Å². The number of rotatable bonds is 8. The second-order valence-electron chi connectivity index (χ2n) is 5.49. The van der Waals surface area contributed by atoms with Crippen LogP contribution in [0.4, 0.5) is 0 Å². The smallest absolute Gasteiger partial charge is 0.0478 e. The Balaban J connectivity index is 1.76. The standard InChI is InChI=1S/C17H28N2O/c1-2-3-13-20-14-7-11-19-12-10-18-15-17(19)16-8-5-4-6-9-16/h4-6,8-9,17-18H,2-3,7,10-15H2,1H3. The van der Waals surface area contributed by atoms with Gasteiger partial charge in [-0.3, -0.25) is 4.90 Å². The van der Waals surface area contributed by atoms with Gasteiger partial charge in [-0.1, -0.05) is 43.7 Å². The fourth-order valence-electron chi connectivity index (χ4n) is 2.74. The zero-order valence-corrected chi connectivity index (χ0v) is 12.7. The summed E-state index contributed by atoms with van der Waals surface area (Å²) in [6.07, 6.45) is 3.53. The predicted molar refractivity (Wildman–Crippen MR) is 84.0 cm³/mol. The highest BCUT2D eigenvalue weighted by molar-refractivity contribution is 5.20. The molecule has 3 nitrogen and oxygen atoms in total. The van der Waals surface area contributed by atoms with Gasteiger partial charge in [0.15, 0.2) is 0 Å². The SMILES string of the molecule is CCCCOCCCN1CCNCC1c1ccccc1. The molecule has 1 N–H and O–H groups in total. The van der Waals surface area contributed by atoms with Crippen LogP contribution in [0.5, 0.6) is 0 Å². The Morgan fingerprint density at radius 3 is 2.80 bits per heavy atom. The van der Waals surface area contributed by atoms with Gasteiger partial charge >= 0.3 is 0 Å². The first kappa shape index (κ1) is 15.5. The molecule has 1 heterocycles. The first-order valence-corrected chi connectivity index (χ1v) is 7.99. The van der Waals surface area contributed by atoms with Gasteiger partial charge in [0.25, 0.3) is 0 Å². The third-order valence-corrected chi connectivity index (χ3v) is 3.91. The minimum absolute atomic E-state index is 0.514. The number of nitrogens with one attached hydrogen (secondary N) is 1. The van der Waals surface area contributed by atoms with Gasteiger partial charge < -0.3 is 10.1 Å². The second-order valence-corrected chi connectivity index (χ2v) is 5.49. The molecule has 0 spiro atoms. The van der Waals surface area contributed by atoms with Gasteiger partial charge in [-0.2, -0.15) is 0 Å². The minimum Gasteiger partial charge on any atom is -0.381 e. The summed E-state index contributed by atoms with van der Waals surface area (Å²) in [5.41, 5.74) is 1.42. The number of ether oxygens (including phenoxy) is 1. The van der Waals surface area contributed by atoms with Crippen molar-refractivity contribution in [2.45, 2.75) is 32.2 Å². The molecule has 112 valence electrons. The first-order valence-electron chi connectivity index (χ1n) is 7.99. The molecule has 0 amide bonds. The molecule has 0 aliphatic carbocycles. The third kappa shape index (κ3) is 4.89. The van der Waals surface area contributed by atoms with Gasteiger partial charge in [0, 0.05) is 45.4 Å². The summed E-state index contributed by atoms with van der Waals surface area (Å²) in [5.74, 6) is 0. The molecule has 0 radical (unpaired) electrons. The van der Waals surface area contributed by atoms with E-state index in [4.69, 9.17) is 4.74 Å². The Labute approximate surface area is 123 Å². The number of piperazine rings is 1. The Morgan fingerprint density at radius 2 is 2.00 bits per heavy atom. The Hall–Kier alpha value is -0.900. The van der Waals surface area contributed by atoms with E-state index < -0.39 is 0 Å². The lowest BCUT2D eigenvalue weighted by Gasteiger charge is -2.36. The van der Waals surface area contributed by atoms with Crippen LogP contribution in [0.1, 0.15) is 37.8 Å². The molecule has 1 atom stereocenters. The summed E-state index contributed by atoms with van der Waals surface area (Å²) in [6, 6.07) is 11.4. The highest BCUT2D eigenvalue weighted by Gasteiger charge is 2.22. The quantitative estimate of drug-likeness (QED) is 0.739. The molecule has 0 saturated carbocycles. The molecule has 3 heteroatoms. The molecular formula is C17H28N2O. The van der Waals surface area contributed by atoms with Gasteiger partial charge in [-0.25, -0.2) is 0 Å². The lowest BCUT2D eigenvalue weighted by molar-refractivity contribution is 0.102. The number of hydrogen-bond donors (Lipinski definition) is 1. The fraction of sp³-hybridized carbons (Fsp3) is 0.647. The van der Waals surface area contributed by atoms with Crippen LogP contribution in [0.3, 0.4) is 0 Å². The molecule has 1 saturated heterocycles. The molecule has 1 aromatic rings. The molecule has 1 fully saturated rings. The maximum absolute atomic E-state index is 5.66. The van der Waals surface area contributed by atoms with Crippen molar-refractivity contribution < 1.29 is 4.74 Å². The molecule has 20 heavy (non-hydrogen) atoms. The van der Waals surface area contributed by atoms with Crippen molar-refractivity contribution in [3.63, 3.8) is 0 Å². The highest BCUT2D eigenvalue weighted by atomic mass is 16.5. The monoisotopic (exact) mass is 276 g/mol. The fourth-order valence-corrected chi connectivity index (χ4v) is 2.74. The zero-order valence-electron chi connectivity index (χ0n) is 12.7. The molecule has 0 aromatic heterocycles. The Kier molecular flexibility index (Phi) is 7.06. The summed E-state index contributed by atoms with van der Waals surface area (Å²) >= 11 is 0. The predicted octanol–water partition coefficient (Wildman–Crippen LogP) is 2.84.